The molecule has 19 heavy (non-hydrogen) atoms. The second-order valence-electron chi connectivity index (χ2n) is 4.34. The van der Waals surface area contributed by atoms with Crippen LogP contribution < -0.4 is 0 Å². The third-order valence-corrected chi connectivity index (χ3v) is 3.76. The van der Waals surface area contributed by atoms with E-state index < -0.39 is 0 Å². The standard InChI is InChI=1S/C16H11BrO2/c17-14-8-4-7-12-13(15(10-18)19-16(12)14)9-11-5-2-1-3-6-11/h1-8,10H,9H2. The fourth-order valence-corrected chi connectivity index (χ4v) is 2.68. The van der Waals surface area contributed by atoms with Gasteiger partial charge in [0.15, 0.2) is 12.0 Å². The van der Waals surface area contributed by atoms with Gasteiger partial charge in [-0.15, -0.1) is 0 Å². The van der Waals surface area contributed by atoms with E-state index in [2.05, 4.69) is 15.9 Å². The first-order valence-corrected chi connectivity index (χ1v) is 6.78. The Balaban J connectivity index is 2.16. The van der Waals surface area contributed by atoms with Crippen molar-refractivity contribution < 1.29 is 9.21 Å². The normalized spacial score (nSPS) is 10.8. The molecule has 0 bridgehead atoms. The third kappa shape index (κ3) is 2.22. The van der Waals surface area contributed by atoms with Gasteiger partial charge in [-0.2, -0.15) is 0 Å². The van der Waals surface area contributed by atoms with Crippen LogP contribution in [0.2, 0.25) is 0 Å². The van der Waals surface area contributed by atoms with Crippen LogP contribution in [0.25, 0.3) is 11.0 Å². The summed E-state index contributed by atoms with van der Waals surface area (Å²) >= 11 is 3.45. The molecule has 0 N–H and O–H groups in total. The summed E-state index contributed by atoms with van der Waals surface area (Å²) in [7, 11) is 0. The third-order valence-electron chi connectivity index (χ3n) is 3.13. The van der Waals surface area contributed by atoms with Crippen molar-refractivity contribution in [2.45, 2.75) is 6.42 Å². The average Bonchev–Trinajstić information content (AvgIpc) is 2.80. The molecule has 3 rings (SSSR count). The highest BCUT2D eigenvalue weighted by Gasteiger charge is 2.15. The molecular weight excluding hydrogens is 304 g/mol. The lowest BCUT2D eigenvalue weighted by Crippen LogP contribution is -1.90. The van der Waals surface area contributed by atoms with Gasteiger partial charge in [0, 0.05) is 17.4 Å². The van der Waals surface area contributed by atoms with Crippen molar-refractivity contribution in [3.8, 4) is 0 Å². The van der Waals surface area contributed by atoms with Gasteiger partial charge in [-0.25, -0.2) is 0 Å². The van der Waals surface area contributed by atoms with Gasteiger partial charge in [0.05, 0.1) is 4.47 Å². The predicted molar refractivity (Wildman–Crippen MR) is 78.5 cm³/mol. The van der Waals surface area contributed by atoms with Gasteiger partial charge in [0.25, 0.3) is 0 Å². The molecule has 0 saturated carbocycles. The minimum absolute atomic E-state index is 0.408. The Kier molecular flexibility index (Phi) is 3.22. The van der Waals surface area contributed by atoms with Gasteiger partial charge in [0.2, 0.25) is 0 Å². The molecule has 0 amide bonds. The first kappa shape index (κ1) is 12.2. The Morgan fingerprint density at radius 1 is 1.05 bits per heavy atom. The largest absolute Gasteiger partial charge is 0.452 e. The molecule has 0 aliphatic rings. The summed E-state index contributed by atoms with van der Waals surface area (Å²) in [5, 5.41) is 0.986. The summed E-state index contributed by atoms with van der Waals surface area (Å²) in [4.78, 5) is 11.2. The number of furan rings is 1. The highest BCUT2D eigenvalue weighted by Crippen LogP contribution is 2.32. The lowest BCUT2D eigenvalue weighted by molar-refractivity contribution is 0.110. The molecule has 1 heterocycles. The Hall–Kier alpha value is -1.87. The van der Waals surface area contributed by atoms with Crippen LogP contribution in [-0.4, -0.2) is 6.29 Å². The zero-order valence-corrected chi connectivity index (χ0v) is 11.7. The van der Waals surface area contributed by atoms with Gasteiger partial charge >= 0.3 is 0 Å². The maximum absolute atomic E-state index is 11.2. The molecule has 0 aliphatic carbocycles. The van der Waals surface area contributed by atoms with Crippen LogP contribution in [0.15, 0.2) is 57.4 Å². The summed E-state index contributed by atoms with van der Waals surface area (Å²) in [5.41, 5.74) is 2.83. The fourth-order valence-electron chi connectivity index (χ4n) is 2.23. The second kappa shape index (κ2) is 5.02. The molecule has 3 aromatic rings. The lowest BCUT2D eigenvalue weighted by Gasteiger charge is -2.00. The Morgan fingerprint density at radius 3 is 2.58 bits per heavy atom. The van der Waals surface area contributed by atoms with Crippen molar-refractivity contribution in [2.75, 3.05) is 0 Å². The Labute approximate surface area is 119 Å². The topological polar surface area (TPSA) is 30.2 Å². The number of carbonyl (C=O) groups is 1. The molecule has 0 unspecified atom stereocenters. The Morgan fingerprint density at radius 2 is 1.84 bits per heavy atom. The number of carbonyl (C=O) groups excluding carboxylic acids is 1. The summed E-state index contributed by atoms with van der Waals surface area (Å²) in [6, 6.07) is 15.9. The lowest BCUT2D eigenvalue weighted by atomic mass is 10.0. The number of hydrogen-bond acceptors (Lipinski definition) is 2. The number of halogens is 1. The second-order valence-corrected chi connectivity index (χ2v) is 5.20. The average molecular weight is 315 g/mol. The van der Waals surface area contributed by atoms with Crippen molar-refractivity contribution in [1.29, 1.82) is 0 Å². The van der Waals surface area contributed by atoms with Crippen LogP contribution in [0.3, 0.4) is 0 Å². The molecule has 2 nitrogen and oxygen atoms in total. The maximum atomic E-state index is 11.2. The minimum atomic E-state index is 0.408. The van der Waals surface area contributed by atoms with Crippen LogP contribution in [0.1, 0.15) is 21.7 Å². The molecule has 2 aromatic carbocycles. The van der Waals surface area contributed by atoms with Gasteiger partial charge in [-0.05, 0) is 27.6 Å². The van der Waals surface area contributed by atoms with E-state index in [0.29, 0.717) is 12.2 Å². The van der Waals surface area contributed by atoms with Crippen LogP contribution in [0.4, 0.5) is 0 Å². The van der Waals surface area contributed by atoms with Crippen molar-refractivity contribution in [2.24, 2.45) is 0 Å². The smallest absolute Gasteiger partial charge is 0.185 e. The van der Waals surface area contributed by atoms with E-state index in [1.165, 1.54) is 0 Å². The zero-order chi connectivity index (χ0) is 13.2. The van der Waals surface area contributed by atoms with E-state index >= 15 is 0 Å². The molecule has 3 heteroatoms. The van der Waals surface area contributed by atoms with Crippen molar-refractivity contribution in [1.82, 2.24) is 0 Å². The van der Waals surface area contributed by atoms with Gasteiger partial charge in [0.1, 0.15) is 5.58 Å². The number of aldehydes is 1. The maximum Gasteiger partial charge on any atom is 0.185 e. The van der Waals surface area contributed by atoms with Gasteiger partial charge < -0.3 is 4.42 Å². The number of para-hydroxylation sites is 1. The van der Waals surface area contributed by atoms with E-state index in [4.69, 9.17) is 4.42 Å². The quantitative estimate of drug-likeness (QED) is 0.661. The van der Waals surface area contributed by atoms with E-state index in [9.17, 15) is 4.79 Å². The van der Waals surface area contributed by atoms with Crippen LogP contribution in [0, 0.1) is 0 Å². The van der Waals surface area contributed by atoms with Crippen molar-refractivity contribution in [3.63, 3.8) is 0 Å². The summed E-state index contributed by atoms with van der Waals surface area (Å²) in [6.45, 7) is 0. The van der Waals surface area contributed by atoms with E-state index in [0.717, 1.165) is 32.9 Å². The van der Waals surface area contributed by atoms with E-state index in [1.54, 1.807) is 0 Å². The molecule has 0 spiro atoms. The van der Waals surface area contributed by atoms with Crippen LogP contribution in [-0.2, 0) is 6.42 Å². The number of hydrogen-bond donors (Lipinski definition) is 0. The molecular formula is C16H11BrO2. The Bertz CT molecular complexity index is 729. The van der Waals surface area contributed by atoms with Crippen LogP contribution in [0.5, 0.6) is 0 Å². The van der Waals surface area contributed by atoms with E-state index in [-0.39, 0.29) is 0 Å². The monoisotopic (exact) mass is 314 g/mol. The molecule has 1 aromatic heterocycles. The van der Waals surface area contributed by atoms with Gasteiger partial charge in [-0.3, -0.25) is 4.79 Å². The predicted octanol–water partition coefficient (Wildman–Crippen LogP) is 4.60. The first-order valence-electron chi connectivity index (χ1n) is 5.98. The first-order chi connectivity index (χ1) is 9.29. The summed E-state index contributed by atoms with van der Waals surface area (Å²) < 4.78 is 6.50. The summed E-state index contributed by atoms with van der Waals surface area (Å²) in [6.07, 6.45) is 1.48. The zero-order valence-electron chi connectivity index (χ0n) is 10.1. The fraction of sp³-hybridized carbons (Fsp3) is 0.0625. The SMILES string of the molecule is O=Cc1oc2c(Br)cccc2c1Cc1ccccc1. The molecule has 0 saturated heterocycles. The number of fused-ring (bicyclic) bond motifs is 1. The minimum Gasteiger partial charge on any atom is -0.452 e. The number of rotatable bonds is 3. The highest BCUT2D eigenvalue weighted by molar-refractivity contribution is 9.10. The molecule has 0 fully saturated rings. The molecule has 0 aliphatic heterocycles. The highest BCUT2D eigenvalue weighted by atomic mass is 79.9. The van der Waals surface area contributed by atoms with Crippen LogP contribution >= 0.6 is 15.9 Å². The van der Waals surface area contributed by atoms with E-state index in [1.807, 2.05) is 48.5 Å². The molecule has 94 valence electrons. The number of benzene rings is 2. The van der Waals surface area contributed by atoms with Crippen molar-refractivity contribution in [3.05, 3.63) is 69.9 Å². The molecule has 0 atom stereocenters. The summed E-state index contributed by atoms with van der Waals surface area (Å²) in [5.74, 6) is 0.408. The molecule has 0 radical (unpaired) electrons. The van der Waals surface area contributed by atoms with Crippen molar-refractivity contribution >= 4 is 33.2 Å². The van der Waals surface area contributed by atoms with Gasteiger partial charge in [-0.1, -0.05) is 42.5 Å².